The molecule has 1 aromatic carbocycles. The van der Waals surface area contributed by atoms with Crippen molar-refractivity contribution in [1.29, 1.82) is 0 Å². The maximum absolute atomic E-state index is 11.9. The van der Waals surface area contributed by atoms with Gasteiger partial charge in [-0.25, -0.2) is 0 Å². The molecule has 0 aliphatic carbocycles. The Morgan fingerprint density at radius 3 is 2.90 bits per heavy atom. The molecule has 1 unspecified atom stereocenters. The number of amides is 1. The third kappa shape index (κ3) is 4.86. The lowest BCUT2D eigenvalue weighted by molar-refractivity contribution is -0.119. The molecule has 0 fully saturated rings. The zero-order valence-electron chi connectivity index (χ0n) is 11.8. The third-order valence-electron chi connectivity index (χ3n) is 2.78. The SMILES string of the molecule is Cc1nc(CSCC(=O)NC(C)c2ccccc2Br)no1. The van der Waals surface area contributed by atoms with E-state index in [0.717, 1.165) is 10.0 Å². The van der Waals surface area contributed by atoms with Gasteiger partial charge < -0.3 is 9.84 Å². The summed E-state index contributed by atoms with van der Waals surface area (Å²) in [6, 6.07) is 7.82. The van der Waals surface area contributed by atoms with Gasteiger partial charge in [0.2, 0.25) is 11.8 Å². The average molecular weight is 370 g/mol. The summed E-state index contributed by atoms with van der Waals surface area (Å²) in [6.45, 7) is 3.71. The van der Waals surface area contributed by atoms with Crippen LogP contribution in [0.1, 0.15) is 30.2 Å². The maximum Gasteiger partial charge on any atom is 0.230 e. The van der Waals surface area contributed by atoms with Gasteiger partial charge in [-0.2, -0.15) is 4.98 Å². The Bertz CT molecular complexity index is 618. The number of nitrogens with zero attached hydrogens (tertiary/aromatic N) is 2. The number of hydrogen-bond donors (Lipinski definition) is 1. The van der Waals surface area contributed by atoms with Gasteiger partial charge in [0.15, 0.2) is 5.82 Å². The lowest BCUT2D eigenvalue weighted by atomic mass is 10.1. The molecule has 0 aliphatic heterocycles. The van der Waals surface area contributed by atoms with Gasteiger partial charge in [-0.15, -0.1) is 11.8 Å². The monoisotopic (exact) mass is 369 g/mol. The molecule has 1 N–H and O–H groups in total. The minimum Gasteiger partial charge on any atom is -0.349 e. The second kappa shape index (κ2) is 7.61. The fraction of sp³-hybridized carbons (Fsp3) is 0.357. The fourth-order valence-electron chi connectivity index (χ4n) is 1.82. The molecule has 0 spiro atoms. The number of aromatic nitrogens is 2. The van der Waals surface area contributed by atoms with E-state index in [4.69, 9.17) is 4.52 Å². The van der Waals surface area contributed by atoms with Crippen LogP contribution in [-0.4, -0.2) is 21.8 Å². The standard InChI is InChI=1S/C14H16BrN3O2S/c1-9(11-5-3-4-6-12(11)15)16-14(19)8-21-7-13-17-10(2)20-18-13/h3-6,9H,7-8H2,1-2H3,(H,16,19). The van der Waals surface area contributed by atoms with Crippen LogP contribution in [0.25, 0.3) is 0 Å². The summed E-state index contributed by atoms with van der Waals surface area (Å²) in [5, 5.41) is 6.76. The number of rotatable bonds is 6. The van der Waals surface area contributed by atoms with E-state index in [2.05, 4.69) is 31.4 Å². The van der Waals surface area contributed by atoms with E-state index in [9.17, 15) is 4.79 Å². The van der Waals surface area contributed by atoms with Gasteiger partial charge in [-0.1, -0.05) is 39.3 Å². The van der Waals surface area contributed by atoms with Crippen LogP contribution >= 0.6 is 27.7 Å². The molecule has 2 aromatic rings. The topological polar surface area (TPSA) is 68.0 Å². The minimum absolute atomic E-state index is 0.0107. The van der Waals surface area contributed by atoms with Gasteiger partial charge in [-0.05, 0) is 18.6 Å². The Balaban J connectivity index is 1.78. The highest BCUT2D eigenvalue weighted by Crippen LogP contribution is 2.22. The van der Waals surface area contributed by atoms with E-state index in [-0.39, 0.29) is 11.9 Å². The molecule has 0 saturated carbocycles. The summed E-state index contributed by atoms with van der Waals surface area (Å²) in [7, 11) is 0. The molecule has 0 radical (unpaired) electrons. The van der Waals surface area contributed by atoms with Crippen molar-refractivity contribution in [3.05, 3.63) is 46.0 Å². The van der Waals surface area contributed by atoms with Crippen molar-refractivity contribution in [3.63, 3.8) is 0 Å². The van der Waals surface area contributed by atoms with Crippen LogP contribution < -0.4 is 5.32 Å². The lowest BCUT2D eigenvalue weighted by Gasteiger charge is -2.15. The number of carbonyl (C=O) groups excluding carboxylic acids is 1. The molecule has 1 aromatic heterocycles. The van der Waals surface area contributed by atoms with Crippen molar-refractivity contribution in [2.75, 3.05) is 5.75 Å². The molecule has 1 atom stereocenters. The van der Waals surface area contributed by atoms with Gasteiger partial charge in [-0.3, -0.25) is 4.79 Å². The molecule has 1 heterocycles. The van der Waals surface area contributed by atoms with Crippen LogP contribution in [0.5, 0.6) is 0 Å². The molecule has 7 heteroatoms. The molecule has 0 saturated heterocycles. The number of halogens is 1. The van der Waals surface area contributed by atoms with E-state index in [0.29, 0.717) is 23.2 Å². The van der Waals surface area contributed by atoms with Gasteiger partial charge in [0.1, 0.15) is 0 Å². The summed E-state index contributed by atoms with van der Waals surface area (Å²) >= 11 is 4.95. The van der Waals surface area contributed by atoms with Gasteiger partial charge >= 0.3 is 0 Å². The van der Waals surface area contributed by atoms with E-state index < -0.39 is 0 Å². The van der Waals surface area contributed by atoms with Gasteiger partial charge in [0.25, 0.3) is 0 Å². The molecule has 2 rings (SSSR count). The summed E-state index contributed by atoms with van der Waals surface area (Å²) in [5.41, 5.74) is 1.06. The fourth-order valence-corrected chi connectivity index (χ4v) is 3.12. The Morgan fingerprint density at radius 2 is 2.24 bits per heavy atom. The van der Waals surface area contributed by atoms with Gasteiger partial charge in [0.05, 0.1) is 17.5 Å². The van der Waals surface area contributed by atoms with Crippen molar-refractivity contribution >= 4 is 33.6 Å². The second-order valence-corrected chi connectivity index (χ2v) is 6.37. The number of hydrogen-bond acceptors (Lipinski definition) is 5. The smallest absolute Gasteiger partial charge is 0.230 e. The molecule has 21 heavy (non-hydrogen) atoms. The summed E-state index contributed by atoms with van der Waals surface area (Å²) in [6.07, 6.45) is 0. The van der Waals surface area contributed by atoms with Crippen LogP contribution in [0.2, 0.25) is 0 Å². The highest BCUT2D eigenvalue weighted by Gasteiger charge is 2.12. The minimum atomic E-state index is -0.0407. The van der Waals surface area contributed by atoms with Crippen molar-refractivity contribution in [2.45, 2.75) is 25.6 Å². The van der Waals surface area contributed by atoms with Crippen LogP contribution in [0.15, 0.2) is 33.3 Å². The van der Waals surface area contributed by atoms with Crippen molar-refractivity contribution in [1.82, 2.24) is 15.5 Å². The molecule has 0 aliphatic rings. The van der Waals surface area contributed by atoms with Gasteiger partial charge in [0, 0.05) is 11.4 Å². The summed E-state index contributed by atoms with van der Waals surface area (Å²) in [5.74, 6) is 2.07. The first-order chi connectivity index (χ1) is 10.1. The largest absolute Gasteiger partial charge is 0.349 e. The molecule has 5 nitrogen and oxygen atoms in total. The zero-order valence-corrected chi connectivity index (χ0v) is 14.2. The molecular formula is C14H16BrN3O2S. The maximum atomic E-state index is 11.9. The molecule has 112 valence electrons. The Hall–Kier alpha value is -1.34. The summed E-state index contributed by atoms with van der Waals surface area (Å²) in [4.78, 5) is 16.0. The molecular weight excluding hydrogens is 354 g/mol. The van der Waals surface area contributed by atoms with Crippen LogP contribution in [0.3, 0.4) is 0 Å². The van der Waals surface area contributed by atoms with Crippen molar-refractivity contribution in [2.24, 2.45) is 0 Å². The second-order valence-electron chi connectivity index (χ2n) is 4.53. The summed E-state index contributed by atoms with van der Waals surface area (Å²) < 4.78 is 5.87. The van der Waals surface area contributed by atoms with E-state index >= 15 is 0 Å². The molecule has 1 amide bonds. The first kappa shape index (κ1) is 16.0. The average Bonchev–Trinajstić information content (AvgIpc) is 2.84. The normalized spacial score (nSPS) is 12.1. The van der Waals surface area contributed by atoms with Crippen molar-refractivity contribution < 1.29 is 9.32 Å². The molecule has 0 bridgehead atoms. The Kier molecular flexibility index (Phi) is 5.81. The highest BCUT2D eigenvalue weighted by atomic mass is 79.9. The van der Waals surface area contributed by atoms with E-state index in [1.165, 1.54) is 11.8 Å². The quantitative estimate of drug-likeness (QED) is 0.846. The highest BCUT2D eigenvalue weighted by molar-refractivity contribution is 9.10. The Labute approximate surface area is 136 Å². The van der Waals surface area contributed by atoms with Crippen LogP contribution in [-0.2, 0) is 10.5 Å². The predicted octanol–water partition coefficient (Wildman–Crippen LogP) is 3.25. The lowest BCUT2D eigenvalue weighted by Crippen LogP contribution is -2.28. The number of nitrogens with one attached hydrogen (secondary N) is 1. The van der Waals surface area contributed by atoms with Crippen LogP contribution in [0, 0.1) is 6.92 Å². The van der Waals surface area contributed by atoms with Crippen molar-refractivity contribution in [3.8, 4) is 0 Å². The zero-order chi connectivity index (χ0) is 15.2. The van der Waals surface area contributed by atoms with E-state index in [1.807, 2.05) is 31.2 Å². The van der Waals surface area contributed by atoms with Crippen LogP contribution in [0.4, 0.5) is 0 Å². The predicted molar refractivity (Wildman–Crippen MR) is 85.9 cm³/mol. The third-order valence-corrected chi connectivity index (χ3v) is 4.43. The number of thioether (sulfide) groups is 1. The number of benzene rings is 1. The number of aryl methyl sites for hydroxylation is 1. The van der Waals surface area contributed by atoms with E-state index in [1.54, 1.807) is 6.92 Å². The number of carbonyl (C=O) groups is 1. The first-order valence-corrected chi connectivity index (χ1v) is 8.41. The Morgan fingerprint density at radius 1 is 1.48 bits per heavy atom. The first-order valence-electron chi connectivity index (χ1n) is 6.47.